The van der Waals surface area contributed by atoms with Gasteiger partial charge in [0, 0.05) is 12.5 Å². The largest absolute Gasteiger partial charge is 0.481 e. The minimum Gasteiger partial charge on any atom is -0.481 e. The summed E-state index contributed by atoms with van der Waals surface area (Å²) in [5.41, 5.74) is 0. The van der Waals surface area contributed by atoms with Gasteiger partial charge in [-0.1, -0.05) is 13.0 Å². The number of rotatable bonds is 5. The quantitative estimate of drug-likeness (QED) is 0.588. The van der Waals surface area contributed by atoms with E-state index >= 15 is 0 Å². The number of nitrogens with one attached hydrogen (secondary N) is 1. The molecule has 4 heteroatoms. The topological polar surface area (TPSA) is 66.4 Å². The molecule has 0 aliphatic carbocycles. The van der Waals surface area contributed by atoms with E-state index in [-0.39, 0.29) is 12.3 Å². The Bertz CT molecular complexity index is 189. The van der Waals surface area contributed by atoms with E-state index in [0.29, 0.717) is 6.54 Å². The maximum Gasteiger partial charge on any atom is 0.304 e. The first-order valence-corrected chi connectivity index (χ1v) is 3.68. The van der Waals surface area contributed by atoms with Gasteiger partial charge in [0.05, 0.1) is 6.42 Å². The van der Waals surface area contributed by atoms with Crippen molar-refractivity contribution in [3.05, 3.63) is 12.7 Å². The van der Waals surface area contributed by atoms with Gasteiger partial charge in [-0.3, -0.25) is 9.59 Å². The highest BCUT2D eigenvalue weighted by atomic mass is 16.4. The molecule has 0 fully saturated rings. The molecule has 68 valence electrons. The van der Waals surface area contributed by atoms with Crippen molar-refractivity contribution in [2.75, 3.05) is 6.54 Å². The third-order valence-electron chi connectivity index (χ3n) is 1.35. The van der Waals surface area contributed by atoms with Gasteiger partial charge in [0.15, 0.2) is 0 Å². The Morgan fingerprint density at radius 1 is 1.67 bits per heavy atom. The van der Waals surface area contributed by atoms with E-state index in [0.717, 1.165) is 0 Å². The molecule has 2 N–H and O–H groups in total. The van der Waals surface area contributed by atoms with Crippen LogP contribution in [0.15, 0.2) is 12.7 Å². The van der Waals surface area contributed by atoms with Crippen molar-refractivity contribution in [2.24, 2.45) is 5.92 Å². The molecule has 1 atom stereocenters. The number of amides is 1. The molecule has 4 nitrogen and oxygen atoms in total. The van der Waals surface area contributed by atoms with Gasteiger partial charge in [-0.05, 0) is 0 Å². The Labute approximate surface area is 71.3 Å². The number of carboxylic acid groups (broad SMARTS) is 1. The molecule has 0 aliphatic rings. The molecular formula is C8H13NO3. The van der Waals surface area contributed by atoms with E-state index in [2.05, 4.69) is 11.9 Å². The van der Waals surface area contributed by atoms with Gasteiger partial charge in [-0.2, -0.15) is 0 Å². The van der Waals surface area contributed by atoms with Gasteiger partial charge in [0.25, 0.3) is 0 Å². The summed E-state index contributed by atoms with van der Waals surface area (Å²) in [6.45, 7) is 5.38. The third kappa shape index (κ3) is 4.49. The second kappa shape index (κ2) is 5.35. The fourth-order valence-corrected chi connectivity index (χ4v) is 0.702. The molecule has 0 radical (unpaired) electrons. The van der Waals surface area contributed by atoms with Gasteiger partial charge in [-0.25, -0.2) is 0 Å². The predicted octanol–water partition coefficient (Wildman–Crippen LogP) is 0.399. The predicted molar refractivity (Wildman–Crippen MR) is 44.6 cm³/mol. The summed E-state index contributed by atoms with van der Waals surface area (Å²) < 4.78 is 0. The van der Waals surface area contributed by atoms with Crippen LogP contribution in [-0.4, -0.2) is 23.5 Å². The zero-order valence-corrected chi connectivity index (χ0v) is 7.04. The zero-order valence-electron chi connectivity index (χ0n) is 7.04. The van der Waals surface area contributed by atoms with E-state index in [1.165, 1.54) is 0 Å². The molecule has 0 rings (SSSR count). The normalized spacial score (nSPS) is 11.8. The number of aliphatic carboxylic acids is 1. The van der Waals surface area contributed by atoms with Gasteiger partial charge in [0.1, 0.15) is 0 Å². The Kier molecular flexibility index (Phi) is 4.76. The molecule has 0 saturated carbocycles. The van der Waals surface area contributed by atoms with Crippen LogP contribution < -0.4 is 5.32 Å². The monoisotopic (exact) mass is 171 g/mol. The van der Waals surface area contributed by atoms with Crippen LogP contribution in [0.4, 0.5) is 0 Å². The minimum absolute atomic E-state index is 0.136. The van der Waals surface area contributed by atoms with Crippen molar-refractivity contribution in [3.8, 4) is 0 Å². The van der Waals surface area contributed by atoms with E-state index < -0.39 is 11.9 Å². The number of hydrogen-bond acceptors (Lipinski definition) is 2. The summed E-state index contributed by atoms with van der Waals surface area (Å²) in [5.74, 6) is -1.70. The number of hydrogen-bond donors (Lipinski definition) is 2. The zero-order chi connectivity index (χ0) is 9.56. The summed E-state index contributed by atoms with van der Waals surface area (Å²) in [6, 6.07) is 0. The molecule has 0 aliphatic heterocycles. The summed E-state index contributed by atoms with van der Waals surface area (Å²) in [4.78, 5) is 21.2. The van der Waals surface area contributed by atoms with Crippen LogP contribution in [0.1, 0.15) is 13.3 Å². The average molecular weight is 171 g/mol. The Morgan fingerprint density at radius 2 is 2.25 bits per heavy atom. The maximum atomic E-state index is 11.0. The molecule has 1 amide bonds. The smallest absolute Gasteiger partial charge is 0.304 e. The SMILES string of the molecule is C=CCNC(=O)C(C)CC(=O)O. The Hall–Kier alpha value is -1.32. The molecule has 0 spiro atoms. The van der Waals surface area contributed by atoms with Crippen LogP contribution in [0.2, 0.25) is 0 Å². The fraction of sp³-hybridized carbons (Fsp3) is 0.500. The summed E-state index contributed by atoms with van der Waals surface area (Å²) >= 11 is 0. The van der Waals surface area contributed by atoms with Crippen molar-refractivity contribution in [2.45, 2.75) is 13.3 Å². The highest BCUT2D eigenvalue weighted by Gasteiger charge is 2.14. The number of carboxylic acids is 1. The molecule has 1 unspecified atom stereocenters. The second-order valence-electron chi connectivity index (χ2n) is 2.53. The van der Waals surface area contributed by atoms with Gasteiger partial charge in [0.2, 0.25) is 5.91 Å². The fourth-order valence-electron chi connectivity index (χ4n) is 0.702. The first-order chi connectivity index (χ1) is 5.57. The molecule has 0 heterocycles. The lowest BCUT2D eigenvalue weighted by atomic mass is 10.1. The van der Waals surface area contributed by atoms with Crippen molar-refractivity contribution in [3.63, 3.8) is 0 Å². The van der Waals surface area contributed by atoms with Crippen LogP contribution in [0.3, 0.4) is 0 Å². The highest BCUT2D eigenvalue weighted by molar-refractivity contribution is 5.82. The van der Waals surface area contributed by atoms with Crippen LogP contribution in [-0.2, 0) is 9.59 Å². The summed E-state index contributed by atoms with van der Waals surface area (Å²) in [6.07, 6.45) is 1.41. The van der Waals surface area contributed by atoms with E-state index in [1.54, 1.807) is 13.0 Å². The Balaban J connectivity index is 3.76. The van der Waals surface area contributed by atoms with Gasteiger partial charge in [-0.15, -0.1) is 6.58 Å². The molecular weight excluding hydrogens is 158 g/mol. The highest BCUT2D eigenvalue weighted by Crippen LogP contribution is 2.00. The van der Waals surface area contributed by atoms with E-state index in [1.807, 2.05) is 0 Å². The molecule has 0 aromatic rings. The molecule has 0 saturated heterocycles. The maximum absolute atomic E-state index is 11.0. The van der Waals surface area contributed by atoms with E-state index in [9.17, 15) is 9.59 Å². The molecule has 0 bridgehead atoms. The summed E-state index contributed by atoms with van der Waals surface area (Å²) in [7, 11) is 0. The first-order valence-electron chi connectivity index (χ1n) is 3.68. The van der Waals surface area contributed by atoms with Crippen molar-refractivity contribution < 1.29 is 14.7 Å². The number of carbonyl (C=O) groups is 2. The van der Waals surface area contributed by atoms with Crippen LogP contribution in [0.5, 0.6) is 0 Å². The van der Waals surface area contributed by atoms with Crippen molar-refractivity contribution >= 4 is 11.9 Å². The van der Waals surface area contributed by atoms with Crippen LogP contribution >= 0.6 is 0 Å². The lowest BCUT2D eigenvalue weighted by molar-refractivity contribution is -0.140. The van der Waals surface area contributed by atoms with E-state index in [4.69, 9.17) is 5.11 Å². The van der Waals surface area contributed by atoms with Crippen molar-refractivity contribution in [1.29, 1.82) is 0 Å². The van der Waals surface area contributed by atoms with Crippen LogP contribution in [0.25, 0.3) is 0 Å². The first kappa shape index (κ1) is 10.7. The summed E-state index contributed by atoms with van der Waals surface area (Å²) in [5, 5.41) is 10.9. The Morgan fingerprint density at radius 3 is 2.67 bits per heavy atom. The lowest BCUT2D eigenvalue weighted by Crippen LogP contribution is -2.30. The minimum atomic E-state index is -0.962. The third-order valence-corrected chi connectivity index (χ3v) is 1.35. The molecule has 12 heavy (non-hydrogen) atoms. The standard InChI is InChI=1S/C8H13NO3/c1-3-4-9-8(12)6(2)5-7(10)11/h3,6H,1,4-5H2,2H3,(H,9,12)(H,10,11). The lowest BCUT2D eigenvalue weighted by Gasteiger charge is -2.07. The average Bonchev–Trinajstić information content (AvgIpc) is 1.98. The van der Waals surface area contributed by atoms with Crippen molar-refractivity contribution in [1.82, 2.24) is 5.32 Å². The van der Waals surface area contributed by atoms with Gasteiger partial charge < -0.3 is 10.4 Å². The second-order valence-corrected chi connectivity index (χ2v) is 2.53. The van der Waals surface area contributed by atoms with Gasteiger partial charge >= 0.3 is 5.97 Å². The van der Waals surface area contributed by atoms with Crippen LogP contribution in [0, 0.1) is 5.92 Å². The number of carbonyl (C=O) groups excluding carboxylic acids is 1. The molecule has 0 aromatic carbocycles. The molecule has 0 aromatic heterocycles.